The van der Waals surface area contributed by atoms with Gasteiger partial charge in [-0.1, -0.05) is 30.4 Å². The van der Waals surface area contributed by atoms with E-state index < -0.39 is 5.97 Å². The molecular weight excluding hydrogens is 464 g/mol. The Balaban J connectivity index is 1.28. The Hall–Kier alpha value is -3.27. The second kappa shape index (κ2) is 10.2. The summed E-state index contributed by atoms with van der Waals surface area (Å²) in [6, 6.07) is 15.2. The van der Waals surface area contributed by atoms with Crippen molar-refractivity contribution in [3.8, 4) is 21.8 Å². The molecule has 0 spiro atoms. The van der Waals surface area contributed by atoms with Gasteiger partial charge >= 0.3 is 5.97 Å². The topological polar surface area (TPSA) is 89.2 Å². The number of imidazole rings is 1. The van der Waals surface area contributed by atoms with Crippen molar-refractivity contribution in [3.63, 3.8) is 0 Å². The number of carboxylic acid groups (broad SMARTS) is 1. The molecule has 4 aromatic rings. The summed E-state index contributed by atoms with van der Waals surface area (Å²) >= 11 is 1.53. The fourth-order valence-corrected chi connectivity index (χ4v) is 5.26. The number of hydrogen-bond acceptors (Lipinski definition) is 7. The summed E-state index contributed by atoms with van der Waals surface area (Å²) in [5, 5.41) is 14.7. The summed E-state index contributed by atoms with van der Waals surface area (Å²) in [6.45, 7) is 3.95. The van der Waals surface area contributed by atoms with Crippen LogP contribution < -0.4 is 4.90 Å². The molecule has 35 heavy (non-hydrogen) atoms. The normalized spacial score (nSPS) is 17.1. The first-order valence-corrected chi connectivity index (χ1v) is 12.6. The predicted molar refractivity (Wildman–Crippen MR) is 136 cm³/mol. The zero-order chi connectivity index (χ0) is 24.4. The maximum atomic E-state index is 11.1. The van der Waals surface area contributed by atoms with E-state index in [1.807, 2.05) is 6.20 Å². The predicted octanol–water partition coefficient (Wildman–Crippen LogP) is 5.19. The Morgan fingerprint density at radius 3 is 2.57 bits per heavy atom. The number of ether oxygens (including phenoxy) is 2. The van der Waals surface area contributed by atoms with E-state index in [0.717, 1.165) is 59.1 Å². The van der Waals surface area contributed by atoms with Gasteiger partial charge in [0.1, 0.15) is 5.01 Å². The summed E-state index contributed by atoms with van der Waals surface area (Å²) < 4.78 is 13.3. The minimum atomic E-state index is -0.940. The van der Waals surface area contributed by atoms with E-state index in [4.69, 9.17) is 19.7 Å². The second-order valence-electron chi connectivity index (χ2n) is 8.61. The number of nitrogens with zero attached hydrogens (tertiary/aromatic N) is 4. The average Bonchev–Trinajstić information content (AvgIpc) is 3.47. The van der Waals surface area contributed by atoms with E-state index in [9.17, 15) is 4.79 Å². The van der Waals surface area contributed by atoms with Gasteiger partial charge in [-0.3, -0.25) is 0 Å². The molecule has 1 saturated heterocycles. The van der Waals surface area contributed by atoms with Crippen LogP contribution in [0.5, 0.6) is 0 Å². The minimum absolute atomic E-state index is 0.143. The van der Waals surface area contributed by atoms with Crippen LogP contribution in [0.4, 0.5) is 5.69 Å². The third kappa shape index (κ3) is 5.07. The van der Waals surface area contributed by atoms with Gasteiger partial charge in [-0.05, 0) is 55.7 Å². The maximum Gasteiger partial charge on any atom is 0.335 e. The number of carbonyl (C=O) groups is 1. The lowest BCUT2D eigenvalue weighted by Gasteiger charge is -2.35. The van der Waals surface area contributed by atoms with Crippen molar-refractivity contribution in [1.29, 1.82) is 0 Å². The van der Waals surface area contributed by atoms with Crippen molar-refractivity contribution in [2.75, 3.05) is 25.1 Å². The number of carboxylic acids is 1. The van der Waals surface area contributed by atoms with Crippen molar-refractivity contribution >= 4 is 28.0 Å². The van der Waals surface area contributed by atoms with E-state index in [1.54, 1.807) is 35.9 Å². The van der Waals surface area contributed by atoms with Crippen molar-refractivity contribution in [2.45, 2.75) is 38.6 Å². The monoisotopic (exact) mass is 492 g/mol. The molecule has 0 amide bonds. The third-order valence-corrected chi connectivity index (χ3v) is 7.24. The van der Waals surface area contributed by atoms with Gasteiger partial charge in [0, 0.05) is 37.0 Å². The molecule has 8 nitrogen and oxygen atoms in total. The first-order valence-electron chi connectivity index (χ1n) is 11.8. The first kappa shape index (κ1) is 23.5. The van der Waals surface area contributed by atoms with Gasteiger partial charge in [0.25, 0.3) is 0 Å². The molecule has 0 saturated carbocycles. The Kier molecular flexibility index (Phi) is 6.81. The average molecular weight is 493 g/mol. The summed E-state index contributed by atoms with van der Waals surface area (Å²) in [4.78, 5) is 18.9. The lowest BCUT2D eigenvalue weighted by molar-refractivity contribution is -0.157. The Morgan fingerprint density at radius 1 is 1.17 bits per heavy atom. The van der Waals surface area contributed by atoms with E-state index in [-0.39, 0.29) is 18.0 Å². The van der Waals surface area contributed by atoms with Crippen LogP contribution >= 0.6 is 11.3 Å². The number of aromatic carboxylic acids is 1. The summed E-state index contributed by atoms with van der Waals surface area (Å²) in [5.74, 6) is -0.940. The summed E-state index contributed by atoms with van der Waals surface area (Å²) in [5.41, 5.74) is 4.11. The van der Waals surface area contributed by atoms with E-state index in [2.05, 4.69) is 41.1 Å². The largest absolute Gasteiger partial charge is 0.478 e. The van der Waals surface area contributed by atoms with Crippen molar-refractivity contribution < 1.29 is 19.4 Å². The Morgan fingerprint density at radius 2 is 1.91 bits per heavy atom. The van der Waals surface area contributed by atoms with Crippen molar-refractivity contribution in [3.05, 3.63) is 60.3 Å². The highest BCUT2D eigenvalue weighted by Crippen LogP contribution is 2.30. The molecule has 5 rings (SSSR count). The van der Waals surface area contributed by atoms with Gasteiger partial charge in [-0.2, -0.15) is 5.10 Å². The lowest BCUT2D eigenvalue weighted by Crippen LogP contribution is -2.41. The molecule has 3 heterocycles. The standard InChI is InChI=1S/C26H28N4O4S/c1-3-23(33-2)34-21-5-4-14-29(15-21)20-12-10-18(11-13-20)24-28-30-16-22(27-26(30)35-24)17-6-8-19(9-7-17)25(31)32/h6-13,16,21,23H,3-5,14-15H2,1-2H3,(H,31,32). The minimum Gasteiger partial charge on any atom is -0.478 e. The van der Waals surface area contributed by atoms with Crippen LogP contribution in [0.3, 0.4) is 0 Å². The number of benzene rings is 2. The highest BCUT2D eigenvalue weighted by Gasteiger charge is 2.23. The molecule has 2 unspecified atom stereocenters. The number of aromatic nitrogens is 3. The molecule has 1 aliphatic heterocycles. The van der Waals surface area contributed by atoms with E-state index in [0.29, 0.717) is 0 Å². The zero-order valence-corrected chi connectivity index (χ0v) is 20.6. The summed E-state index contributed by atoms with van der Waals surface area (Å²) in [6.07, 6.45) is 4.90. The number of piperidine rings is 1. The fourth-order valence-electron chi connectivity index (χ4n) is 4.37. The van der Waals surface area contributed by atoms with E-state index in [1.165, 1.54) is 17.0 Å². The van der Waals surface area contributed by atoms with Crippen LogP contribution in [-0.2, 0) is 9.47 Å². The molecular formula is C26H28N4O4S. The highest BCUT2D eigenvalue weighted by atomic mass is 32.1. The summed E-state index contributed by atoms with van der Waals surface area (Å²) in [7, 11) is 1.70. The second-order valence-corrected chi connectivity index (χ2v) is 9.57. The number of rotatable bonds is 8. The first-order chi connectivity index (χ1) is 17.0. The lowest BCUT2D eigenvalue weighted by atomic mass is 10.1. The van der Waals surface area contributed by atoms with Crippen LogP contribution in [0, 0.1) is 0 Å². The van der Waals surface area contributed by atoms with Crippen LogP contribution in [0.25, 0.3) is 26.8 Å². The molecule has 9 heteroatoms. The number of methoxy groups -OCH3 is 1. The molecule has 2 atom stereocenters. The van der Waals surface area contributed by atoms with Gasteiger partial charge in [-0.25, -0.2) is 14.3 Å². The smallest absolute Gasteiger partial charge is 0.335 e. The molecule has 0 bridgehead atoms. The van der Waals surface area contributed by atoms with Crippen molar-refractivity contribution in [2.24, 2.45) is 0 Å². The van der Waals surface area contributed by atoms with Crippen LogP contribution in [-0.4, -0.2) is 58.3 Å². The van der Waals surface area contributed by atoms with Crippen LogP contribution in [0.2, 0.25) is 0 Å². The van der Waals surface area contributed by atoms with Crippen LogP contribution in [0.15, 0.2) is 54.7 Å². The van der Waals surface area contributed by atoms with Gasteiger partial charge in [0.15, 0.2) is 6.29 Å². The van der Waals surface area contributed by atoms with Gasteiger partial charge in [0.05, 0.1) is 23.6 Å². The van der Waals surface area contributed by atoms with Gasteiger partial charge in [-0.15, -0.1) is 0 Å². The van der Waals surface area contributed by atoms with E-state index >= 15 is 0 Å². The molecule has 1 N–H and O–H groups in total. The van der Waals surface area contributed by atoms with Crippen molar-refractivity contribution in [1.82, 2.24) is 14.6 Å². The molecule has 182 valence electrons. The molecule has 2 aromatic heterocycles. The van der Waals surface area contributed by atoms with Crippen LogP contribution in [0.1, 0.15) is 36.5 Å². The zero-order valence-electron chi connectivity index (χ0n) is 19.8. The Bertz CT molecular complexity index is 1260. The molecule has 1 fully saturated rings. The Labute approximate surface area is 207 Å². The number of hydrogen-bond donors (Lipinski definition) is 1. The molecule has 0 aliphatic carbocycles. The highest BCUT2D eigenvalue weighted by molar-refractivity contribution is 7.19. The SMILES string of the molecule is CCC(OC)OC1CCCN(c2ccc(-c3nn4cc(-c5ccc(C(=O)O)cc5)nc4s3)cc2)C1. The molecule has 0 radical (unpaired) electrons. The number of anilines is 1. The van der Waals surface area contributed by atoms with Gasteiger partial charge in [0.2, 0.25) is 4.96 Å². The molecule has 1 aliphatic rings. The third-order valence-electron chi connectivity index (χ3n) is 6.27. The maximum absolute atomic E-state index is 11.1. The fraction of sp³-hybridized carbons (Fsp3) is 0.346. The van der Waals surface area contributed by atoms with Gasteiger partial charge < -0.3 is 19.5 Å². The molecule has 2 aromatic carbocycles. The quantitative estimate of drug-likeness (QED) is 0.339. The number of fused-ring (bicyclic) bond motifs is 1.